The van der Waals surface area contributed by atoms with Gasteiger partial charge in [-0.05, 0) is 25.0 Å². The number of aliphatic hydroxyl groups excluding tert-OH is 1. The predicted molar refractivity (Wildman–Crippen MR) is 116 cm³/mol. The molecule has 2 aliphatic heterocycles. The van der Waals surface area contributed by atoms with E-state index in [0.717, 1.165) is 4.90 Å². The number of likely N-dealkylation sites (tertiary alicyclic amines) is 1. The second-order valence-electron chi connectivity index (χ2n) is 8.34. The standard InChI is InChI=1S/C21H23F4N5O4.ClH/c22-13-3-4-16(31)30(20(13)33)9-11(26)8-17(32)29-6-5-12-14(10-29)27-19(15-2-1-7-34-15)28-18(12)21(23,24)25;/h1-2,7,11,13,20,33H,3-6,8-10,26H2;1H/t11-,13?,20?;/m1./s1. The zero-order chi connectivity index (χ0) is 24.6. The molecule has 4 heterocycles. The Labute approximate surface area is 203 Å². The van der Waals surface area contributed by atoms with Gasteiger partial charge < -0.3 is 25.1 Å². The van der Waals surface area contributed by atoms with Crippen LogP contribution in [0.25, 0.3) is 11.6 Å². The van der Waals surface area contributed by atoms with E-state index in [1.165, 1.54) is 23.3 Å². The minimum absolute atomic E-state index is 0. The van der Waals surface area contributed by atoms with E-state index in [1.54, 1.807) is 0 Å². The molecule has 0 spiro atoms. The number of furan rings is 1. The molecule has 0 aliphatic carbocycles. The maximum atomic E-state index is 13.7. The number of aliphatic hydroxyl groups is 1. The van der Waals surface area contributed by atoms with Crippen LogP contribution in [0, 0.1) is 0 Å². The number of hydrogen-bond donors (Lipinski definition) is 2. The SMILES string of the molecule is Cl.N[C@H](CC(=O)N1CCc2c(nc(-c3ccco3)nc2C(F)(F)F)C1)CN1C(=O)CCC(F)C1O. The van der Waals surface area contributed by atoms with Crippen LogP contribution in [0.4, 0.5) is 17.6 Å². The van der Waals surface area contributed by atoms with Gasteiger partial charge in [0.05, 0.1) is 18.5 Å². The first-order chi connectivity index (χ1) is 16.0. The fraction of sp³-hybridized carbons (Fsp3) is 0.524. The number of fused-ring (bicyclic) bond motifs is 1. The number of alkyl halides is 4. The Morgan fingerprint density at radius 2 is 2.06 bits per heavy atom. The summed E-state index contributed by atoms with van der Waals surface area (Å²) in [6.45, 7) is -0.402. The van der Waals surface area contributed by atoms with Gasteiger partial charge in [0.15, 0.2) is 23.5 Å². The van der Waals surface area contributed by atoms with Crippen molar-refractivity contribution in [2.75, 3.05) is 13.1 Å². The first kappa shape index (κ1) is 26.8. The van der Waals surface area contributed by atoms with Crippen LogP contribution in [0.15, 0.2) is 22.8 Å². The number of aromatic nitrogens is 2. The van der Waals surface area contributed by atoms with E-state index in [0.29, 0.717) is 0 Å². The third-order valence-corrected chi connectivity index (χ3v) is 5.89. The number of rotatable bonds is 5. The molecule has 1 saturated heterocycles. The van der Waals surface area contributed by atoms with Crippen molar-refractivity contribution in [1.82, 2.24) is 19.8 Å². The topological polar surface area (TPSA) is 126 Å². The summed E-state index contributed by atoms with van der Waals surface area (Å²) in [6, 6.07) is 2.04. The molecule has 2 aromatic rings. The second kappa shape index (κ2) is 10.5. The van der Waals surface area contributed by atoms with Crippen LogP contribution < -0.4 is 5.73 Å². The molecule has 2 aliphatic rings. The van der Waals surface area contributed by atoms with E-state index in [-0.39, 0.29) is 80.6 Å². The Morgan fingerprint density at radius 1 is 1.31 bits per heavy atom. The van der Waals surface area contributed by atoms with Gasteiger partial charge in [-0.2, -0.15) is 13.2 Å². The van der Waals surface area contributed by atoms with Crippen LogP contribution in [0.2, 0.25) is 0 Å². The number of hydrogen-bond acceptors (Lipinski definition) is 7. The molecule has 2 unspecified atom stereocenters. The van der Waals surface area contributed by atoms with Crippen LogP contribution in [0.3, 0.4) is 0 Å². The average Bonchev–Trinajstić information content (AvgIpc) is 3.32. The number of carbonyl (C=O) groups excluding carboxylic acids is 2. The Morgan fingerprint density at radius 3 is 2.71 bits per heavy atom. The molecule has 1 fully saturated rings. The van der Waals surface area contributed by atoms with Crippen LogP contribution >= 0.6 is 12.4 Å². The van der Waals surface area contributed by atoms with Gasteiger partial charge in [0.25, 0.3) is 0 Å². The van der Waals surface area contributed by atoms with E-state index in [4.69, 9.17) is 10.2 Å². The largest absolute Gasteiger partial charge is 0.461 e. The molecule has 9 nitrogen and oxygen atoms in total. The molecule has 0 saturated carbocycles. The van der Waals surface area contributed by atoms with E-state index >= 15 is 0 Å². The van der Waals surface area contributed by atoms with Crippen molar-refractivity contribution in [3.8, 4) is 11.6 Å². The lowest BCUT2D eigenvalue weighted by Crippen LogP contribution is -2.54. The Kier molecular flexibility index (Phi) is 8.02. The van der Waals surface area contributed by atoms with Gasteiger partial charge >= 0.3 is 6.18 Å². The highest BCUT2D eigenvalue weighted by atomic mass is 35.5. The third kappa shape index (κ3) is 5.73. The summed E-state index contributed by atoms with van der Waals surface area (Å²) >= 11 is 0. The third-order valence-electron chi connectivity index (χ3n) is 5.89. The maximum Gasteiger partial charge on any atom is 0.433 e. The lowest BCUT2D eigenvalue weighted by Gasteiger charge is -2.36. The Balaban J connectivity index is 0.00000342. The van der Waals surface area contributed by atoms with Crippen LogP contribution in [-0.2, 0) is 28.7 Å². The first-order valence-electron chi connectivity index (χ1n) is 10.7. The number of amides is 2. The van der Waals surface area contributed by atoms with Gasteiger partial charge in [0.1, 0.15) is 6.17 Å². The van der Waals surface area contributed by atoms with E-state index < -0.39 is 42.1 Å². The van der Waals surface area contributed by atoms with Gasteiger partial charge in [-0.15, -0.1) is 12.4 Å². The summed E-state index contributed by atoms with van der Waals surface area (Å²) in [5, 5.41) is 9.91. The Bertz CT molecular complexity index is 1070. The summed E-state index contributed by atoms with van der Waals surface area (Å²) in [7, 11) is 0. The van der Waals surface area contributed by atoms with Crippen molar-refractivity contribution >= 4 is 24.2 Å². The molecule has 0 bridgehead atoms. The fourth-order valence-corrected chi connectivity index (χ4v) is 4.17. The molecular formula is C21H24ClF4N5O4. The number of carbonyl (C=O) groups is 2. The van der Waals surface area contributed by atoms with Crippen molar-refractivity contribution in [2.24, 2.45) is 5.73 Å². The summed E-state index contributed by atoms with van der Waals surface area (Å²) in [4.78, 5) is 34.9. The summed E-state index contributed by atoms with van der Waals surface area (Å²) in [5.74, 6) is -1.09. The van der Waals surface area contributed by atoms with E-state index in [2.05, 4.69) is 9.97 Å². The quantitative estimate of drug-likeness (QED) is 0.577. The first-order valence-corrected chi connectivity index (χ1v) is 10.7. The summed E-state index contributed by atoms with van der Waals surface area (Å²) < 4.78 is 59.8. The minimum Gasteiger partial charge on any atom is -0.461 e. The zero-order valence-corrected chi connectivity index (χ0v) is 19.2. The molecule has 4 rings (SSSR count). The summed E-state index contributed by atoms with van der Waals surface area (Å²) in [6.07, 6.45) is -7.13. The average molecular weight is 522 g/mol. The number of nitrogens with zero attached hydrogens (tertiary/aromatic N) is 4. The predicted octanol–water partition coefficient (Wildman–Crippen LogP) is 2.06. The molecule has 3 atom stereocenters. The minimum atomic E-state index is -4.71. The van der Waals surface area contributed by atoms with Crippen molar-refractivity contribution in [2.45, 2.75) is 56.8 Å². The smallest absolute Gasteiger partial charge is 0.433 e. The second-order valence-corrected chi connectivity index (χ2v) is 8.34. The van der Waals surface area contributed by atoms with Gasteiger partial charge in [-0.3, -0.25) is 9.59 Å². The van der Waals surface area contributed by atoms with Crippen LogP contribution in [-0.4, -0.2) is 68.2 Å². The lowest BCUT2D eigenvalue weighted by atomic mass is 10.0. The maximum absolute atomic E-state index is 13.7. The van der Waals surface area contributed by atoms with E-state index in [9.17, 15) is 32.3 Å². The van der Waals surface area contributed by atoms with Crippen LogP contribution in [0.1, 0.15) is 36.2 Å². The molecule has 0 aromatic carbocycles. The number of nitrogens with two attached hydrogens (primary N) is 1. The van der Waals surface area contributed by atoms with Crippen LogP contribution in [0.5, 0.6) is 0 Å². The lowest BCUT2D eigenvalue weighted by molar-refractivity contribution is -0.155. The van der Waals surface area contributed by atoms with Gasteiger partial charge in [0, 0.05) is 37.5 Å². The molecule has 192 valence electrons. The van der Waals surface area contributed by atoms with Crippen molar-refractivity contribution in [3.63, 3.8) is 0 Å². The highest BCUT2D eigenvalue weighted by Crippen LogP contribution is 2.35. The molecule has 2 amide bonds. The highest BCUT2D eigenvalue weighted by Gasteiger charge is 2.40. The van der Waals surface area contributed by atoms with E-state index in [1.807, 2.05) is 0 Å². The fourth-order valence-electron chi connectivity index (χ4n) is 4.17. The molecule has 0 radical (unpaired) electrons. The van der Waals surface area contributed by atoms with Crippen molar-refractivity contribution < 1.29 is 36.7 Å². The van der Waals surface area contributed by atoms with Gasteiger partial charge in [-0.25, -0.2) is 14.4 Å². The zero-order valence-electron chi connectivity index (χ0n) is 18.4. The van der Waals surface area contributed by atoms with Gasteiger partial charge in [-0.1, -0.05) is 0 Å². The normalized spacial score (nSPS) is 21.4. The summed E-state index contributed by atoms with van der Waals surface area (Å²) in [5.41, 5.74) is 4.90. The van der Waals surface area contributed by atoms with Gasteiger partial charge in [0.2, 0.25) is 11.8 Å². The molecule has 14 heteroatoms. The monoisotopic (exact) mass is 521 g/mol. The highest BCUT2D eigenvalue weighted by molar-refractivity contribution is 5.85. The molecule has 35 heavy (non-hydrogen) atoms. The molecule has 2 aromatic heterocycles. The number of piperidine rings is 1. The molecule has 3 N–H and O–H groups in total. The molecular weight excluding hydrogens is 498 g/mol. The van der Waals surface area contributed by atoms with Crippen molar-refractivity contribution in [1.29, 1.82) is 0 Å². The Hall–Kier alpha value is -2.77. The number of halogens is 5. The van der Waals surface area contributed by atoms with Crippen molar-refractivity contribution in [3.05, 3.63) is 35.3 Å².